The number of carbonyl (C=O) groups excluding carboxylic acids is 3. The number of halogens is 3. The summed E-state index contributed by atoms with van der Waals surface area (Å²) in [5.41, 5.74) is 1.91. The Morgan fingerprint density at radius 2 is 1.45 bits per heavy atom. The lowest BCUT2D eigenvalue weighted by molar-refractivity contribution is -0.274. The smallest absolute Gasteiger partial charge is 0.406 e. The van der Waals surface area contributed by atoms with Gasteiger partial charge >= 0.3 is 6.36 Å². The molecular weight excluding hydrogens is 499 g/mol. The summed E-state index contributed by atoms with van der Waals surface area (Å²) in [6.45, 7) is 2.47. The molecule has 0 unspecified atom stereocenters. The van der Waals surface area contributed by atoms with Crippen LogP contribution in [0.4, 0.5) is 18.9 Å². The predicted molar refractivity (Wildman–Crippen MR) is 133 cm³/mol. The Bertz CT molecular complexity index is 1160. The number of carbonyl (C=O) groups is 3. The molecule has 0 aromatic heterocycles. The summed E-state index contributed by atoms with van der Waals surface area (Å²) in [4.78, 5) is 41.6. The van der Waals surface area contributed by atoms with E-state index >= 15 is 0 Å². The van der Waals surface area contributed by atoms with E-state index in [1.807, 2.05) is 9.80 Å². The van der Waals surface area contributed by atoms with Gasteiger partial charge in [0, 0.05) is 43.3 Å². The van der Waals surface area contributed by atoms with Gasteiger partial charge in [-0.05, 0) is 79.5 Å². The number of fused-ring (bicyclic) bond motifs is 1. The Morgan fingerprint density at radius 3 is 2.00 bits per heavy atom. The van der Waals surface area contributed by atoms with E-state index in [2.05, 4.69) is 10.1 Å². The highest BCUT2D eigenvalue weighted by Gasteiger charge is 2.38. The molecule has 0 spiro atoms. The summed E-state index contributed by atoms with van der Waals surface area (Å²) in [5, 5.41) is 2.88. The number of benzene rings is 2. The van der Waals surface area contributed by atoms with Gasteiger partial charge in [-0.3, -0.25) is 14.4 Å². The first-order chi connectivity index (χ1) is 18.1. The number of nitrogens with zero attached hydrogens (tertiary/aromatic N) is 2. The van der Waals surface area contributed by atoms with E-state index in [1.54, 1.807) is 24.3 Å². The number of rotatable bonds is 6. The van der Waals surface area contributed by atoms with Crippen LogP contribution in [0.5, 0.6) is 5.75 Å². The maximum atomic E-state index is 13.1. The van der Waals surface area contributed by atoms with E-state index < -0.39 is 6.36 Å². The van der Waals surface area contributed by atoms with Gasteiger partial charge in [0.25, 0.3) is 5.91 Å². The Labute approximate surface area is 218 Å². The van der Waals surface area contributed by atoms with E-state index in [0.29, 0.717) is 54.8 Å². The highest BCUT2D eigenvalue weighted by atomic mass is 19.4. The molecule has 10 heteroatoms. The molecule has 0 radical (unpaired) electrons. The molecule has 202 valence electrons. The average molecular weight is 530 g/mol. The minimum atomic E-state index is -4.75. The van der Waals surface area contributed by atoms with Crippen LogP contribution in [0.2, 0.25) is 0 Å². The molecule has 2 atom stereocenters. The van der Waals surface area contributed by atoms with Crippen LogP contribution in [-0.2, 0) is 16.0 Å². The van der Waals surface area contributed by atoms with Gasteiger partial charge < -0.3 is 19.9 Å². The Hall–Kier alpha value is -3.56. The summed E-state index contributed by atoms with van der Waals surface area (Å²) in [6.07, 6.45) is -1.15. The van der Waals surface area contributed by atoms with Crippen molar-refractivity contribution in [2.45, 2.75) is 38.5 Å². The van der Waals surface area contributed by atoms with E-state index in [4.69, 9.17) is 0 Å². The molecule has 2 heterocycles. The Balaban J connectivity index is 1.10. The maximum absolute atomic E-state index is 13.1. The fourth-order valence-corrected chi connectivity index (χ4v) is 5.32. The molecule has 7 nitrogen and oxygen atoms in total. The van der Waals surface area contributed by atoms with Gasteiger partial charge in [0.15, 0.2) is 0 Å². The molecule has 2 aliphatic heterocycles. The number of likely N-dealkylation sites (tertiary alicyclic amines) is 2. The molecule has 1 aliphatic carbocycles. The van der Waals surface area contributed by atoms with Crippen LogP contribution in [0, 0.1) is 17.8 Å². The molecule has 5 rings (SSSR count). The van der Waals surface area contributed by atoms with Crippen molar-refractivity contribution in [2.24, 2.45) is 17.8 Å². The summed E-state index contributed by atoms with van der Waals surface area (Å²) in [6, 6.07) is 12.4. The van der Waals surface area contributed by atoms with Crippen molar-refractivity contribution in [3.8, 4) is 5.75 Å². The number of amides is 3. The van der Waals surface area contributed by atoms with Crippen LogP contribution in [-0.4, -0.2) is 60.1 Å². The molecular formula is C28H30F3N3O4. The average Bonchev–Trinajstić information content (AvgIpc) is 3.68. The zero-order valence-electron chi connectivity index (χ0n) is 20.9. The molecule has 3 fully saturated rings. The third-order valence-electron chi connectivity index (χ3n) is 7.62. The van der Waals surface area contributed by atoms with E-state index in [9.17, 15) is 27.6 Å². The van der Waals surface area contributed by atoms with Gasteiger partial charge in [0.2, 0.25) is 11.8 Å². The molecule has 2 saturated heterocycles. The van der Waals surface area contributed by atoms with Gasteiger partial charge in [-0.1, -0.05) is 12.1 Å². The fourth-order valence-electron chi connectivity index (χ4n) is 5.32. The second kappa shape index (κ2) is 10.7. The first kappa shape index (κ1) is 26.1. The van der Waals surface area contributed by atoms with Crippen molar-refractivity contribution in [1.29, 1.82) is 0 Å². The van der Waals surface area contributed by atoms with Crippen molar-refractivity contribution in [3.05, 3.63) is 59.7 Å². The van der Waals surface area contributed by atoms with Crippen molar-refractivity contribution < 1.29 is 32.3 Å². The molecule has 2 aromatic rings. The Kier molecular flexibility index (Phi) is 7.32. The molecule has 0 bridgehead atoms. The van der Waals surface area contributed by atoms with Gasteiger partial charge in [0.1, 0.15) is 5.75 Å². The molecule has 3 amide bonds. The van der Waals surface area contributed by atoms with E-state index in [1.165, 1.54) is 24.3 Å². The van der Waals surface area contributed by atoms with Crippen LogP contribution in [0.1, 0.15) is 41.6 Å². The van der Waals surface area contributed by atoms with E-state index in [-0.39, 0.29) is 35.8 Å². The molecule has 38 heavy (non-hydrogen) atoms. The zero-order valence-corrected chi connectivity index (χ0v) is 20.9. The minimum absolute atomic E-state index is 0.0316. The molecule has 1 N–H and O–H groups in total. The van der Waals surface area contributed by atoms with Crippen molar-refractivity contribution in [2.75, 3.05) is 31.5 Å². The first-order valence-electron chi connectivity index (χ1n) is 13.0. The number of hydrogen-bond acceptors (Lipinski definition) is 4. The number of hydrogen-bond donors (Lipinski definition) is 1. The predicted octanol–water partition coefficient (Wildman–Crippen LogP) is 4.49. The fraction of sp³-hybridized carbons (Fsp3) is 0.464. The van der Waals surface area contributed by atoms with Gasteiger partial charge in [-0.25, -0.2) is 0 Å². The third kappa shape index (κ3) is 6.46. The largest absolute Gasteiger partial charge is 0.573 e. The second-order valence-electron chi connectivity index (χ2n) is 10.4. The standard InChI is InChI=1S/C28H30F3N3O4/c29-28(30,31)38-24-9-1-18(2-10-24)15-25(35)34-16-21-11-13-33(14-12-22(21)17-34)27(37)20-5-7-23(8-6-20)32-26(36)19-3-4-19/h1-2,5-10,19,21-22H,3-4,11-17H2,(H,32,36)/t21-,22+. The normalized spacial score (nSPS) is 21.4. The molecule has 2 aromatic carbocycles. The minimum Gasteiger partial charge on any atom is -0.406 e. The number of anilines is 1. The van der Waals surface area contributed by atoms with Crippen LogP contribution < -0.4 is 10.1 Å². The SMILES string of the molecule is O=C(Nc1ccc(C(=O)N2CC[C@@H]3CN(C(=O)Cc4ccc(OC(F)(F)F)cc4)C[C@@H]3CC2)cc1)C1CC1. The highest BCUT2D eigenvalue weighted by Crippen LogP contribution is 2.33. The monoisotopic (exact) mass is 529 g/mol. The number of nitrogens with one attached hydrogen (secondary N) is 1. The second-order valence-corrected chi connectivity index (χ2v) is 10.4. The zero-order chi connectivity index (χ0) is 26.9. The van der Waals surface area contributed by atoms with Crippen LogP contribution in [0.3, 0.4) is 0 Å². The molecule has 1 saturated carbocycles. The quantitative estimate of drug-likeness (QED) is 0.598. The summed E-state index contributed by atoms with van der Waals surface area (Å²) in [5.74, 6) is 0.364. The van der Waals surface area contributed by atoms with Crippen LogP contribution in [0.15, 0.2) is 48.5 Å². The lowest BCUT2D eigenvalue weighted by Gasteiger charge is -2.22. The van der Waals surface area contributed by atoms with Gasteiger partial charge in [-0.15, -0.1) is 13.2 Å². The topological polar surface area (TPSA) is 79.0 Å². The first-order valence-corrected chi connectivity index (χ1v) is 13.0. The summed E-state index contributed by atoms with van der Waals surface area (Å²) < 4.78 is 40.9. The lowest BCUT2D eigenvalue weighted by Crippen LogP contribution is -2.34. The van der Waals surface area contributed by atoms with Crippen molar-refractivity contribution in [1.82, 2.24) is 9.80 Å². The van der Waals surface area contributed by atoms with Gasteiger partial charge in [-0.2, -0.15) is 0 Å². The van der Waals surface area contributed by atoms with Crippen molar-refractivity contribution in [3.63, 3.8) is 0 Å². The van der Waals surface area contributed by atoms with Gasteiger partial charge in [0.05, 0.1) is 6.42 Å². The Morgan fingerprint density at radius 1 is 0.842 bits per heavy atom. The van der Waals surface area contributed by atoms with Crippen LogP contribution >= 0.6 is 0 Å². The summed E-state index contributed by atoms with van der Waals surface area (Å²) >= 11 is 0. The molecule has 3 aliphatic rings. The number of alkyl halides is 3. The van der Waals surface area contributed by atoms with Crippen molar-refractivity contribution >= 4 is 23.4 Å². The van der Waals surface area contributed by atoms with E-state index in [0.717, 1.165) is 25.7 Å². The third-order valence-corrected chi connectivity index (χ3v) is 7.62. The highest BCUT2D eigenvalue weighted by molar-refractivity contribution is 5.96. The summed E-state index contributed by atoms with van der Waals surface area (Å²) in [7, 11) is 0. The maximum Gasteiger partial charge on any atom is 0.573 e. The number of ether oxygens (including phenoxy) is 1. The van der Waals surface area contributed by atoms with Crippen LogP contribution in [0.25, 0.3) is 0 Å². The lowest BCUT2D eigenvalue weighted by atomic mass is 9.92.